The fraction of sp³-hybridized carbons (Fsp3) is 0.435. The van der Waals surface area contributed by atoms with Crippen LogP contribution in [0.4, 0.5) is 0 Å². The summed E-state index contributed by atoms with van der Waals surface area (Å²) in [5, 5.41) is 9.69. The molecule has 3 aliphatic heterocycles. The maximum absolute atomic E-state index is 13.6. The van der Waals surface area contributed by atoms with Gasteiger partial charge in [-0.05, 0) is 25.1 Å². The number of hydrogen-bond donors (Lipinski definition) is 1. The lowest BCUT2D eigenvalue weighted by atomic mass is 9.81. The average molecular weight is 488 g/mol. The van der Waals surface area contributed by atoms with Crippen LogP contribution in [0.5, 0.6) is 28.7 Å². The van der Waals surface area contributed by atoms with Gasteiger partial charge in [0, 0.05) is 23.6 Å². The molecule has 7 nitrogen and oxygen atoms in total. The van der Waals surface area contributed by atoms with Crippen molar-refractivity contribution in [3.05, 3.63) is 41.0 Å². The third-order valence-corrected chi connectivity index (χ3v) is 7.06. The van der Waals surface area contributed by atoms with Gasteiger partial charge in [-0.2, -0.15) is 0 Å². The molecule has 0 unspecified atom stereocenters. The molecule has 8 heteroatoms. The van der Waals surface area contributed by atoms with Crippen molar-refractivity contribution in [1.29, 1.82) is 0 Å². The van der Waals surface area contributed by atoms with Gasteiger partial charge >= 0.3 is 0 Å². The lowest BCUT2D eigenvalue weighted by Crippen LogP contribution is -2.43. The second kappa shape index (κ2) is 7.31. The number of ketones is 1. The summed E-state index contributed by atoms with van der Waals surface area (Å²) in [7, 11) is 3.12. The number of Topliss-reactive ketones (excluding diaryl/α,β-unsaturated/α-hetero) is 1. The molecule has 0 radical (unpaired) electrons. The van der Waals surface area contributed by atoms with Crippen LogP contribution in [0.25, 0.3) is 0 Å². The summed E-state index contributed by atoms with van der Waals surface area (Å²) in [4.78, 5) is 13.6. The van der Waals surface area contributed by atoms with Crippen LogP contribution in [0.1, 0.15) is 34.3 Å². The second-order valence-electron chi connectivity index (χ2n) is 8.22. The van der Waals surface area contributed by atoms with Gasteiger partial charge in [0.15, 0.2) is 17.3 Å². The third kappa shape index (κ3) is 3.07. The van der Waals surface area contributed by atoms with Crippen LogP contribution in [0, 0.1) is 0 Å². The zero-order valence-corrected chi connectivity index (χ0v) is 19.0. The largest absolute Gasteiger partial charge is 0.493 e. The zero-order chi connectivity index (χ0) is 21.9. The van der Waals surface area contributed by atoms with Crippen molar-refractivity contribution in [3.8, 4) is 28.7 Å². The van der Waals surface area contributed by atoms with Crippen LogP contribution in [-0.4, -0.2) is 54.9 Å². The molecular formula is C23H23BrO7. The summed E-state index contributed by atoms with van der Waals surface area (Å²) >= 11 is 3.55. The van der Waals surface area contributed by atoms with Crippen molar-refractivity contribution >= 4 is 21.7 Å². The molecule has 0 fully saturated rings. The first kappa shape index (κ1) is 20.5. The molecule has 2 aromatic carbocycles. The van der Waals surface area contributed by atoms with Crippen molar-refractivity contribution in [1.82, 2.24) is 0 Å². The van der Waals surface area contributed by atoms with Gasteiger partial charge in [-0.15, -0.1) is 0 Å². The van der Waals surface area contributed by atoms with E-state index in [1.54, 1.807) is 32.4 Å². The Hall–Kier alpha value is -2.45. The molecule has 0 aliphatic carbocycles. The van der Waals surface area contributed by atoms with E-state index >= 15 is 0 Å². The van der Waals surface area contributed by atoms with Crippen molar-refractivity contribution < 1.29 is 33.6 Å². The normalized spacial score (nSPS) is 24.9. The van der Waals surface area contributed by atoms with Crippen molar-refractivity contribution in [3.63, 3.8) is 0 Å². The van der Waals surface area contributed by atoms with Gasteiger partial charge in [0.05, 0.1) is 36.6 Å². The quantitative estimate of drug-likeness (QED) is 0.662. The Kier molecular flexibility index (Phi) is 4.82. The first-order chi connectivity index (χ1) is 14.9. The number of ether oxygens (including phenoxy) is 5. The molecule has 3 aliphatic rings. The molecule has 164 valence electrons. The number of aliphatic hydroxyl groups is 1. The molecule has 3 heterocycles. The Balaban J connectivity index is 1.55. The highest BCUT2D eigenvalue weighted by atomic mass is 76.9. The highest BCUT2D eigenvalue weighted by molar-refractivity contribution is 9.10. The van der Waals surface area contributed by atoms with Crippen molar-refractivity contribution in [2.24, 2.45) is 0 Å². The SMILES string of the molecule is COc1cc2c(cc1OC)[C@@H]1C(=O)c3ccc4c(c3O[C@@H]1CO2)C[C@H]([C@@](C)([77Br])CO)O4. The number of carbonyl (C=O) groups is 1. The summed E-state index contributed by atoms with van der Waals surface area (Å²) in [6, 6.07) is 7.11. The predicted molar refractivity (Wildman–Crippen MR) is 116 cm³/mol. The Morgan fingerprint density at radius 1 is 1.16 bits per heavy atom. The number of halogens is 1. The van der Waals surface area contributed by atoms with Gasteiger partial charge in [0.25, 0.3) is 0 Å². The van der Waals surface area contributed by atoms with E-state index in [4.69, 9.17) is 23.7 Å². The van der Waals surface area contributed by atoms with E-state index in [-0.39, 0.29) is 25.1 Å². The molecule has 1 N–H and O–H groups in total. The van der Waals surface area contributed by atoms with Crippen LogP contribution < -0.4 is 23.7 Å². The third-order valence-electron chi connectivity index (χ3n) is 6.30. The van der Waals surface area contributed by atoms with Gasteiger partial charge < -0.3 is 28.8 Å². The summed E-state index contributed by atoms with van der Waals surface area (Å²) in [6.07, 6.45) is -0.187. The summed E-state index contributed by atoms with van der Waals surface area (Å²) in [5.74, 6) is 2.41. The molecule has 0 amide bonds. The molecule has 31 heavy (non-hydrogen) atoms. The first-order valence-electron chi connectivity index (χ1n) is 10.1. The summed E-state index contributed by atoms with van der Waals surface area (Å²) in [5.41, 5.74) is 2.12. The van der Waals surface area contributed by atoms with E-state index in [9.17, 15) is 9.90 Å². The minimum absolute atomic E-state index is 0.0157. The minimum Gasteiger partial charge on any atom is -0.493 e. The second-order valence-corrected chi connectivity index (χ2v) is 10.0. The minimum atomic E-state index is -0.595. The number of carbonyl (C=O) groups excluding carboxylic acids is 1. The lowest BCUT2D eigenvalue weighted by Gasteiger charge is -2.37. The summed E-state index contributed by atoms with van der Waals surface area (Å²) in [6.45, 7) is 2.05. The topological polar surface area (TPSA) is 83.5 Å². The van der Waals surface area contributed by atoms with Gasteiger partial charge in [0.2, 0.25) is 0 Å². The maximum atomic E-state index is 13.6. The highest BCUT2D eigenvalue weighted by Crippen LogP contribution is 2.50. The predicted octanol–water partition coefficient (Wildman–Crippen LogP) is 3.27. The number of fused-ring (bicyclic) bond motifs is 6. The van der Waals surface area contributed by atoms with Crippen molar-refractivity contribution in [2.45, 2.75) is 35.8 Å². The van der Waals surface area contributed by atoms with E-state index in [0.29, 0.717) is 40.7 Å². The average Bonchev–Trinajstić information content (AvgIpc) is 3.23. The molecule has 0 aromatic heterocycles. The van der Waals surface area contributed by atoms with Crippen LogP contribution in [0.3, 0.4) is 0 Å². The Morgan fingerprint density at radius 2 is 1.90 bits per heavy atom. The van der Waals surface area contributed by atoms with E-state index in [0.717, 1.165) is 11.1 Å². The number of rotatable bonds is 4. The molecule has 0 saturated carbocycles. The molecule has 5 rings (SSSR count). The van der Waals surface area contributed by atoms with Crippen LogP contribution in [0.15, 0.2) is 24.3 Å². The van der Waals surface area contributed by atoms with Crippen LogP contribution in [-0.2, 0) is 6.42 Å². The molecule has 2 aromatic rings. The summed E-state index contributed by atoms with van der Waals surface area (Å²) < 4.78 is 28.5. The van der Waals surface area contributed by atoms with Gasteiger partial charge in [-0.3, -0.25) is 4.79 Å². The number of hydrogen-bond acceptors (Lipinski definition) is 7. The molecule has 0 bridgehead atoms. The van der Waals surface area contributed by atoms with Crippen molar-refractivity contribution in [2.75, 3.05) is 27.4 Å². The smallest absolute Gasteiger partial charge is 0.178 e. The number of benzene rings is 2. The Morgan fingerprint density at radius 3 is 2.61 bits per heavy atom. The zero-order valence-electron chi connectivity index (χ0n) is 17.4. The maximum Gasteiger partial charge on any atom is 0.178 e. The molecule has 0 spiro atoms. The van der Waals surface area contributed by atoms with Gasteiger partial charge in [-0.25, -0.2) is 0 Å². The van der Waals surface area contributed by atoms with E-state index in [2.05, 4.69) is 15.9 Å². The Labute approximate surface area is 188 Å². The molecule has 4 atom stereocenters. The van der Waals surface area contributed by atoms with E-state index in [1.165, 1.54) is 0 Å². The van der Waals surface area contributed by atoms with E-state index < -0.39 is 16.3 Å². The molecular weight excluding hydrogens is 465 g/mol. The van der Waals surface area contributed by atoms with Crippen LogP contribution >= 0.6 is 15.9 Å². The van der Waals surface area contributed by atoms with Gasteiger partial charge in [-0.1, -0.05) is 15.9 Å². The van der Waals surface area contributed by atoms with Gasteiger partial charge in [0.1, 0.15) is 36.1 Å². The molecule has 0 saturated heterocycles. The number of aliphatic hydroxyl groups excluding tert-OH is 1. The van der Waals surface area contributed by atoms with Crippen LogP contribution in [0.2, 0.25) is 0 Å². The first-order valence-corrected chi connectivity index (χ1v) is 10.9. The fourth-order valence-corrected chi connectivity index (χ4v) is 4.76. The highest BCUT2D eigenvalue weighted by Gasteiger charge is 2.47. The lowest BCUT2D eigenvalue weighted by molar-refractivity contribution is 0.0554. The number of alkyl halides is 1. The standard InChI is InChI=1S/C23H23BrO7/c1-23(24,10-25)19-7-13-14(30-19)5-4-11-21(26)20-12-6-16(27-2)17(28-3)8-15(12)29-9-18(20)31-22(11)13/h4-6,8,18-20,25H,7,9-10H2,1-3H3/t18-,19-,20+,23+/m1/s1/i24-3. The van der Waals surface area contributed by atoms with E-state index in [1.807, 2.05) is 13.0 Å². The Bertz CT molecular complexity index is 1060. The fourth-order valence-electron chi connectivity index (χ4n) is 4.50. The number of methoxy groups -OCH3 is 2. The monoisotopic (exact) mass is 488 g/mol.